The fraction of sp³-hybridized carbons (Fsp3) is 0.632. The molecule has 23 heavy (non-hydrogen) atoms. The van der Waals surface area contributed by atoms with Crippen LogP contribution in [0.4, 0.5) is 0 Å². The highest BCUT2D eigenvalue weighted by molar-refractivity contribution is 5.79. The molecule has 2 aliphatic heterocycles. The molecular weight excluding hydrogens is 288 g/mol. The fourth-order valence-corrected chi connectivity index (χ4v) is 3.65. The summed E-state index contributed by atoms with van der Waals surface area (Å²) in [5, 5.41) is 0. The second kappa shape index (κ2) is 8.46. The number of ether oxygens (including phenoxy) is 1. The molecule has 1 unspecified atom stereocenters. The van der Waals surface area contributed by atoms with Crippen molar-refractivity contribution in [3.05, 3.63) is 35.9 Å². The number of aryl methyl sites for hydroxylation is 1. The number of rotatable bonds is 5. The van der Waals surface area contributed by atoms with Gasteiger partial charge in [0.2, 0.25) is 5.91 Å². The van der Waals surface area contributed by atoms with Crippen molar-refractivity contribution in [3.8, 4) is 0 Å². The quantitative estimate of drug-likeness (QED) is 0.835. The molecule has 4 heteroatoms. The van der Waals surface area contributed by atoms with E-state index in [0.717, 1.165) is 52.0 Å². The first-order valence-electron chi connectivity index (χ1n) is 8.96. The van der Waals surface area contributed by atoms with Crippen LogP contribution in [0.3, 0.4) is 0 Å². The molecule has 2 heterocycles. The van der Waals surface area contributed by atoms with E-state index in [0.29, 0.717) is 19.1 Å². The van der Waals surface area contributed by atoms with Crippen LogP contribution in [0.15, 0.2) is 30.3 Å². The van der Waals surface area contributed by atoms with E-state index in [9.17, 15) is 4.79 Å². The van der Waals surface area contributed by atoms with Gasteiger partial charge in [-0.1, -0.05) is 30.3 Å². The zero-order valence-electron chi connectivity index (χ0n) is 14.0. The van der Waals surface area contributed by atoms with Gasteiger partial charge in [-0.25, -0.2) is 0 Å². The maximum atomic E-state index is 12.6. The van der Waals surface area contributed by atoms with E-state index >= 15 is 0 Å². The summed E-state index contributed by atoms with van der Waals surface area (Å²) >= 11 is 0. The minimum absolute atomic E-state index is 0.193. The number of carbonyl (C=O) groups is 1. The lowest BCUT2D eigenvalue weighted by Crippen LogP contribution is -2.48. The maximum absolute atomic E-state index is 12.6. The van der Waals surface area contributed by atoms with Gasteiger partial charge < -0.3 is 14.5 Å². The van der Waals surface area contributed by atoms with Crippen molar-refractivity contribution in [2.24, 2.45) is 5.92 Å². The third-order valence-electron chi connectivity index (χ3n) is 4.96. The zero-order chi connectivity index (χ0) is 15.9. The number of benzene rings is 1. The number of likely N-dealkylation sites (tertiary alicyclic amines) is 1. The Labute approximate surface area is 139 Å². The molecule has 0 spiro atoms. The standard InChI is InChI=1S/C19H28N2O2/c22-19(21-12-14-23-15-13-21)18-9-5-11-20(16-18)10-4-8-17-6-2-1-3-7-17/h1-3,6-7,18H,4-5,8-16H2. The molecule has 3 rings (SSSR count). The first-order valence-corrected chi connectivity index (χ1v) is 8.96. The predicted molar refractivity (Wildman–Crippen MR) is 91.3 cm³/mol. The maximum Gasteiger partial charge on any atom is 0.227 e. The largest absolute Gasteiger partial charge is 0.378 e. The molecule has 4 nitrogen and oxygen atoms in total. The summed E-state index contributed by atoms with van der Waals surface area (Å²) in [5.74, 6) is 0.541. The summed E-state index contributed by atoms with van der Waals surface area (Å²) in [5.41, 5.74) is 1.41. The number of hydrogen-bond acceptors (Lipinski definition) is 3. The SMILES string of the molecule is O=C(C1CCCN(CCCc2ccccc2)C1)N1CCOCC1. The molecule has 1 atom stereocenters. The Hall–Kier alpha value is -1.39. The summed E-state index contributed by atoms with van der Waals surface area (Å²) < 4.78 is 5.35. The molecule has 0 aromatic heterocycles. The number of carbonyl (C=O) groups excluding carboxylic acids is 1. The lowest BCUT2D eigenvalue weighted by Gasteiger charge is -2.36. The van der Waals surface area contributed by atoms with Crippen molar-refractivity contribution < 1.29 is 9.53 Å². The predicted octanol–water partition coefficient (Wildman–Crippen LogP) is 2.19. The molecule has 0 aliphatic carbocycles. The van der Waals surface area contributed by atoms with Crippen molar-refractivity contribution in [3.63, 3.8) is 0 Å². The number of hydrogen-bond donors (Lipinski definition) is 0. The Morgan fingerprint density at radius 2 is 1.91 bits per heavy atom. The van der Waals surface area contributed by atoms with Gasteiger partial charge in [0.15, 0.2) is 0 Å². The molecular formula is C19H28N2O2. The van der Waals surface area contributed by atoms with Crippen LogP contribution in [-0.4, -0.2) is 61.6 Å². The van der Waals surface area contributed by atoms with E-state index in [2.05, 4.69) is 35.2 Å². The second-order valence-electron chi connectivity index (χ2n) is 6.67. The Balaban J connectivity index is 1.43. The van der Waals surface area contributed by atoms with Crippen molar-refractivity contribution in [2.75, 3.05) is 45.9 Å². The van der Waals surface area contributed by atoms with Crippen LogP contribution in [-0.2, 0) is 16.0 Å². The highest BCUT2D eigenvalue weighted by Crippen LogP contribution is 2.20. The molecule has 0 bridgehead atoms. The molecule has 1 aromatic rings. The van der Waals surface area contributed by atoms with E-state index < -0.39 is 0 Å². The summed E-state index contributed by atoms with van der Waals surface area (Å²) in [4.78, 5) is 17.1. The first-order chi connectivity index (χ1) is 11.3. The van der Waals surface area contributed by atoms with E-state index in [1.54, 1.807) is 0 Å². The average Bonchev–Trinajstić information content (AvgIpc) is 2.63. The Bertz CT molecular complexity index is 485. The van der Waals surface area contributed by atoms with Crippen molar-refractivity contribution in [1.29, 1.82) is 0 Å². The average molecular weight is 316 g/mol. The molecule has 1 amide bonds. The summed E-state index contributed by atoms with van der Waals surface area (Å²) in [6, 6.07) is 10.7. The molecule has 0 N–H and O–H groups in total. The topological polar surface area (TPSA) is 32.8 Å². The van der Waals surface area contributed by atoms with Gasteiger partial charge in [-0.05, 0) is 44.3 Å². The number of morpholine rings is 1. The molecule has 2 aliphatic rings. The number of nitrogens with zero attached hydrogens (tertiary/aromatic N) is 2. The van der Waals surface area contributed by atoms with E-state index in [1.165, 1.54) is 12.0 Å². The molecule has 2 fully saturated rings. The highest BCUT2D eigenvalue weighted by atomic mass is 16.5. The Morgan fingerprint density at radius 1 is 1.13 bits per heavy atom. The van der Waals surface area contributed by atoms with Crippen LogP contribution in [0.25, 0.3) is 0 Å². The van der Waals surface area contributed by atoms with Gasteiger partial charge in [-0.15, -0.1) is 0 Å². The third-order valence-corrected chi connectivity index (χ3v) is 4.96. The fourth-order valence-electron chi connectivity index (χ4n) is 3.65. The number of amides is 1. The van der Waals surface area contributed by atoms with Gasteiger partial charge in [-0.2, -0.15) is 0 Å². The van der Waals surface area contributed by atoms with E-state index in [1.807, 2.05) is 4.90 Å². The van der Waals surface area contributed by atoms with Crippen molar-refractivity contribution in [1.82, 2.24) is 9.80 Å². The smallest absolute Gasteiger partial charge is 0.227 e. The van der Waals surface area contributed by atoms with Gasteiger partial charge in [-0.3, -0.25) is 4.79 Å². The Morgan fingerprint density at radius 3 is 2.70 bits per heavy atom. The van der Waals surface area contributed by atoms with Crippen LogP contribution in [0.5, 0.6) is 0 Å². The van der Waals surface area contributed by atoms with Gasteiger partial charge in [0.1, 0.15) is 0 Å². The van der Waals surface area contributed by atoms with Gasteiger partial charge in [0.25, 0.3) is 0 Å². The minimum Gasteiger partial charge on any atom is -0.378 e. The lowest BCUT2D eigenvalue weighted by atomic mass is 9.96. The monoisotopic (exact) mass is 316 g/mol. The Kier molecular flexibility index (Phi) is 6.06. The second-order valence-corrected chi connectivity index (χ2v) is 6.67. The van der Waals surface area contributed by atoms with Gasteiger partial charge in [0.05, 0.1) is 19.1 Å². The molecule has 0 saturated carbocycles. The van der Waals surface area contributed by atoms with Crippen LogP contribution in [0, 0.1) is 5.92 Å². The zero-order valence-corrected chi connectivity index (χ0v) is 14.0. The van der Waals surface area contributed by atoms with E-state index in [4.69, 9.17) is 4.74 Å². The highest BCUT2D eigenvalue weighted by Gasteiger charge is 2.29. The molecule has 0 radical (unpaired) electrons. The van der Waals surface area contributed by atoms with Crippen molar-refractivity contribution >= 4 is 5.91 Å². The third kappa shape index (κ3) is 4.79. The van der Waals surface area contributed by atoms with Crippen LogP contribution >= 0.6 is 0 Å². The van der Waals surface area contributed by atoms with E-state index in [-0.39, 0.29) is 5.92 Å². The normalized spacial score (nSPS) is 23.0. The van der Waals surface area contributed by atoms with Gasteiger partial charge in [0, 0.05) is 19.6 Å². The summed E-state index contributed by atoms with van der Waals surface area (Å²) in [7, 11) is 0. The first kappa shape index (κ1) is 16.5. The molecule has 126 valence electrons. The van der Waals surface area contributed by atoms with Crippen molar-refractivity contribution in [2.45, 2.75) is 25.7 Å². The summed E-state index contributed by atoms with van der Waals surface area (Å²) in [6.07, 6.45) is 4.49. The number of piperidine rings is 1. The van der Waals surface area contributed by atoms with Crippen LogP contribution in [0.2, 0.25) is 0 Å². The summed E-state index contributed by atoms with van der Waals surface area (Å²) in [6.45, 7) is 6.10. The molecule has 2 saturated heterocycles. The van der Waals surface area contributed by atoms with Crippen LogP contribution in [0.1, 0.15) is 24.8 Å². The lowest BCUT2D eigenvalue weighted by molar-refractivity contribution is -0.141. The van der Waals surface area contributed by atoms with Gasteiger partial charge >= 0.3 is 0 Å². The minimum atomic E-state index is 0.193. The van der Waals surface area contributed by atoms with Crippen LogP contribution < -0.4 is 0 Å². The molecule has 1 aromatic carbocycles.